The van der Waals surface area contributed by atoms with E-state index in [1.54, 1.807) is 6.20 Å². The van der Waals surface area contributed by atoms with E-state index in [0.29, 0.717) is 13.0 Å². The summed E-state index contributed by atoms with van der Waals surface area (Å²) in [5.74, 6) is -0.185. The first-order chi connectivity index (χ1) is 10.2. The first kappa shape index (κ1) is 15.3. The number of hydrogen-bond acceptors (Lipinski definition) is 3. The van der Waals surface area contributed by atoms with Crippen LogP contribution in [0.15, 0.2) is 36.5 Å². The maximum atomic E-state index is 11.5. The van der Waals surface area contributed by atoms with Gasteiger partial charge in [-0.25, -0.2) is 4.79 Å². The van der Waals surface area contributed by atoms with E-state index in [1.807, 2.05) is 30.3 Å². The summed E-state index contributed by atoms with van der Waals surface area (Å²) in [5.41, 5.74) is 1.99. The number of halogens is 1. The van der Waals surface area contributed by atoms with Crippen molar-refractivity contribution in [2.45, 2.75) is 12.8 Å². The highest BCUT2D eigenvalue weighted by Crippen LogP contribution is 2.15. The molecule has 0 aliphatic rings. The molecule has 0 bridgehead atoms. The van der Waals surface area contributed by atoms with E-state index in [0.717, 1.165) is 16.5 Å². The monoisotopic (exact) mass is 305 g/mol. The van der Waals surface area contributed by atoms with Gasteiger partial charge in [-0.05, 0) is 18.1 Å². The van der Waals surface area contributed by atoms with Crippen LogP contribution in [0, 0.1) is 0 Å². The van der Waals surface area contributed by atoms with E-state index >= 15 is 0 Å². The molecule has 110 valence electrons. The number of hydrogen-bond donors (Lipinski definition) is 2. The Morgan fingerprint density at radius 2 is 2.00 bits per heavy atom. The third-order valence-corrected chi connectivity index (χ3v) is 3.16. The van der Waals surface area contributed by atoms with Gasteiger partial charge in [0, 0.05) is 30.4 Å². The number of nitrogens with zero attached hydrogens (tertiary/aromatic N) is 1. The fourth-order valence-corrected chi connectivity index (χ4v) is 2.17. The van der Waals surface area contributed by atoms with Crippen molar-refractivity contribution in [2.75, 3.05) is 12.4 Å². The van der Waals surface area contributed by atoms with Gasteiger partial charge in [-0.3, -0.25) is 15.1 Å². The van der Waals surface area contributed by atoms with Crippen molar-refractivity contribution in [1.82, 2.24) is 15.6 Å². The molecular weight excluding hydrogens is 290 g/mol. The Morgan fingerprint density at radius 3 is 2.81 bits per heavy atom. The third-order valence-electron chi connectivity index (χ3n) is 2.97. The number of rotatable bonds is 5. The lowest BCUT2D eigenvalue weighted by molar-refractivity contribution is -0.119. The molecule has 0 spiro atoms. The minimum Gasteiger partial charge on any atom is -0.337 e. The van der Waals surface area contributed by atoms with Crippen LogP contribution >= 0.6 is 11.6 Å². The summed E-state index contributed by atoms with van der Waals surface area (Å²) in [6, 6.07) is 9.32. The predicted molar refractivity (Wildman–Crippen MR) is 82.3 cm³/mol. The standard InChI is InChI=1S/C15H16ClN3O2/c16-8-6-13(20)19-15(21)18-10-7-12-4-1-3-11-5-2-9-17-14(11)12/h1-5,9H,6-8,10H2,(H2,18,19,20,21). The third kappa shape index (κ3) is 4.43. The molecule has 2 aromatic rings. The fourth-order valence-electron chi connectivity index (χ4n) is 2.00. The molecule has 1 heterocycles. The minimum atomic E-state index is -0.502. The lowest BCUT2D eigenvalue weighted by Crippen LogP contribution is -2.40. The molecule has 0 aliphatic carbocycles. The first-order valence-corrected chi connectivity index (χ1v) is 7.20. The summed E-state index contributed by atoms with van der Waals surface area (Å²) < 4.78 is 0. The average Bonchev–Trinajstić information content (AvgIpc) is 2.47. The second-order valence-corrected chi connectivity index (χ2v) is 4.86. The van der Waals surface area contributed by atoms with Gasteiger partial charge in [0.1, 0.15) is 0 Å². The Kier molecular flexibility index (Phi) is 5.51. The molecule has 3 amide bonds. The van der Waals surface area contributed by atoms with Crippen LogP contribution in [0.3, 0.4) is 0 Å². The zero-order valence-corrected chi connectivity index (χ0v) is 12.2. The van der Waals surface area contributed by atoms with Gasteiger partial charge in [-0.2, -0.15) is 0 Å². The highest BCUT2D eigenvalue weighted by atomic mass is 35.5. The highest BCUT2D eigenvalue weighted by molar-refractivity contribution is 6.19. The van der Waals surface area contributed by atoms with Crippen LogP contribution < -0.4 is 10.6 Å². The number of carbonyl (C=O) groups excluding carboxylic acids is 2. The Hall–Kier alpha value is -2.14. The van der Waals surface area contributed by atoms with E-state index in [1.165, 1.54) is 0 Å². The second-order valence-electron chi connectivity index (χ2n) is 4.49. The van der Waals surface area contributed by atoms with Gasteiger partial charge in [-0.15, -0.1) is 11.6 Å². The molecule has 5 nitrogen and oxygen atoms in total. The van der Waals surface area contributed by atoms with Crippen LogP contribution in [0.4, 0.5) is 4.79 Å². The second kappa shape index (κ2) is 7.59. The van der Waals surface area contributed by atoms with Gasteiger partial charge in [0.05, 0.1) is 5.52 Å². The number of carbonyl (C=O) groups is 2. The van der Waals surface area contributed by atoms with Crippen molar-refractivity contribution in [2.24, 2.45) is 0 Å². The molecule has 0 aliphatic heterocycles. The van der Waals surface area contributed by atoms with Crippen molar-refractivity contribution in [3.8, 4) is 0 Å². The summed E-state index contributed by atoms with van der Waals surface area (Å²) in [7, 11) is 0. The number of urea groups is 1. The van der Waals surface area contributed by atoms with Gasteiger partial charge in [0.2, 0.25) is 5.91 Å². The van der Waals surface area contributed by atoms with Crippen molar-refractivity contribution >= 4 is 34.4 Å². The number of benzene rings is 1. The van der Waals surface area contributed by atoms with Crippen molar-refractivity contribution in [3.63, 3.8) is 0 Å². The zero-order chi connectivity index (χ0) is 15.1. The van der Waals surface area contributed by atoms with Gasteiger partial charge in [0.15, 0.2) is 0 Å². The lowest BCUT2D eigenvalue weighted by Gasteiger charge is -2.08. The number of amides is 3. The maximum Gasteiger partial charge on any atom is 0.321 e. The Labute approximate surface area is 127 Å². The van der Waals surface area contributed by atoms with Crippen LogP contribution in [0.25, 0.3) is 10.9 Å². The number of pyridine rings is 1. The summed E-state index contributed by atoms with van der Waals surface area (Å²) in [6.07, 6.45) is 2.52. The molecule has 0 saturated heterocycles. The van der Waals surface area contributed by atoms with E-state index < -0.39 is 6.03 Å². The van der Waals surface area contributed by atoms with Gasteiger partial charge in [-0.1, -0.05) is 24.3 Å². The molecule has 21 heavy (non-hydrogen) atoms. The van der Waals surface area contributed by atoms with Crippen LogP contribution in [-0.4, -0.2) is 29.3 Å². The minimum absolute atomic E-state index is 0.127. The topological polar surface area (TPSA) is 71.1 Å². The summed E-state index contributed by atoms with van der Waals surface area (Å²) in [4.78, 5) is 27.0. The number of fused-ring (bicyclic) bond motifs is 1. The van der Waals surface area contributed by atoms with Crippen molar-refractivity contribution < 1.29 is 9.59 Å². The van der Waals surface area contributed by atoms with Gasteiger partial charge < -0.3 is 5.32 Å². The molecule has 2 N–H and O–H groups in total. The SMILES string of the molecule is O=C(CCCl)NC(=O)NCCc1cccc2cccnc12. The quantitative estimate of drug-likeness (QED) is 0.832. The van der Waals surface area contributed by atoms with E-state index in [4.69, 9.17) is 11.6 Å². The van der Waals surface area contributed by atoms with Crippen LogP contribution in [0.5, 0.6) is 0 Å². The molecule has 0 fully saturated rings. The molecular formula is C15H16ClN3O2. The maximum absolute atomic E-state index is 11.5. The van der Waals surface area contributed by atoms with Crippen molar-refractivity contribution in [3.05, 3.63) is 42.1 Å². The molecule has 0 saturated carbocycles. The molecule has 6 heteroatoms. The molecule has 0 unspecified atom stereocenters. The van der Waals surface area contributed by atoms with E-state index in [-0.39, 0.29) is 18.2 Å². The van der Waals surface area contributed by atoms with Gasteiger partial charge >= 0.3 is 6.03 Å². The summed E-state index contributed by atoms with van der Waals surface area (Å²) in [5, 5.41) is 5.93. The van der Waals surface area contributed by atoms with E-state index in [9.17, 15) is 9.59 Å². The number of imide groups is 1. The Bertz CT molecular complexity index is 640. The Balaban J connectivity index is 1.88. The molecule has 0 radical (unpaired) electrons. The number of alkyl halides is 1. The highest BCUT2D eigenvalue weighted by Gasteiger charge is 2.07. The predicted octanol–water partition coefficient (Wildman–Crippen LogP) is 2.23. The molecule has 1 aromatic carbocycles. The normalized spacial score (nSPS) is 10.3. The smallest absolute Gasteiger partial charge is 0.321 e. The zero-order valence-electron chi connectivity index (χ0n) is 11.4. The average molecular weight is 306 g/mol. The summed E-state index contributed by atoms with van der Waals surface area (Å²) in [6.45, 7) is 0.426. The van der Waals surface area contributed by atoms with Crippen molar-refractivity contribution in [1.29, 1.82) is 0 Å². The van der Waals surface area contributed by atoms with Crippen LogP contribution in [0.1, 0.15) is 12.0 Å². The fraction of sp³-hybridized carbons (Fsp3) is 0.267. The number of para-hydroxylation sites is 1. The van der Waals surface area contributed by atoms with Crippen LogP contribution in [0.2, 0.25) is 0 Å². The molecule has 2 rings (SSSR count). The molecule has 1 aromatic heterocycles. The number of nitrogens with one attached hydrogen (secondary N) is 2. The largest absolute Gasteiger partial charge is 0.337 e. The lowest BCUT2D eigenvalue weighted by atomic mass is 10.1. The first-order valence-electron chi connectivity index (χ1n) is 6.67. The Morgan fingerprint density at radius 1 is 1.19 bits per heavy atom. The van der Waals surface area contributed by atoms with E-state index in [2.05, 4.69) is 15.6 Å². The van der Waals surface area contributed by atoms with Crippen LogP contribution in [-0.2, 0) is 11.2 Å². The number of aromatic nitrogens is 1. The van der Waals surface area contributed by atoms with Gasteiger partial charge in [0.25, 0.3) is 0 Å². The summed E-state index contributed by atoms with van der Waals surface area (Å²) >= 11 is 5.42. The molecule has 0 atom stereocenters.